The van der Waals surface area contributed by atoms with Gasteiger partial charge in [-0.3, -0.25) is 19.8 Å². The maximum Gasteiger partial charge on any atom is 0.433 e. The van der Waals surface area contributed by atoms with Crippen LogP contribution in [0.2, 0.25) is 0 Å². The molecule has 26 heavy (non-hydrogen) atoms. The van der Waals surface area contributed by atoms with Crippen molar-refractivity contribution in [3.8, 4) is 5.75 Å². The molecule has 1 saturated heterocycles. The van der Waals surface area contributed by atoms with Crippen LogP contribution in [0.4, 0.5) is 5.88 Å². The maximum atomic E-state index is 12.3. The maximum absolute atomic E-state index is 12.3. The Kier molecular flexibility index (Phi) is 5.52. The molecule has 1 N–H and O–H groups in total. The number of furan rings is 1. The van der Waals surface area contributed by atoms with Crippen molar-refractivity contribution in [1.29, 1.82) is 0 Å². The summed E-state index contributed by atoms with van der Waals surface area (Å²) in [6, 6.07) is 10.2. The molecular weight excluding hydrogens is 338 g/mol. The molecule has 1 aromatic carbocycles. The van der Waals surface area contributed by atoms with Crippen LogP contribution in [0.3, 0.4) is 0 Å². The van der Waals surface area contributed by atoms with Crippen LogP contribution in [0.1, 0.15) is 35.0 Å². The second-order valence-electron chi connectivity index (χ2n) is 6.11. The first-order valence-corrected chi connectivity index (χ1v) is 8.49. The number of hydrogen-bond donors (Lipinski definition) is 1. The Labute approximate surface area is 150 Å². The van der Waals surface area contributed by atoms with Gasteiger partial charge in [-0.15, -0.1) is 0 Å². The molecule has 0 saturated carbocycles. The van der Waals surface area contributed by atoms with Crippen LogP contribution in [0.25, 0.3) is 0 Å². The van der Waals surface area contributed by atoms with E-state index in [1.54, 1.807) is 7.11 Å². The number of carbonyl (C=O) groups is 1. The van der Waals surface area contributed by atoms with E-state index in [1.807, 2.05) is 24.3 Å². The summed E-state index contributed by atoms with van der Waals surface area (Å²) < 4.78 is 10.4. The SMILES string of the molecule is COc1ccccc1C(CNC(=O)c1ccc([N+](=O)[O-])o1)N1CCCC1. The van der Waals surface area contributed by atoms with Crippen LogP contribution in [-0.4, -0.2) is 42.5 Å². The van der Waals surface area contributed by atoms with Crippen LogP contribution in [-0.2, 0) is 0 Å². The van der Waals surface area contributed by atoms with Gasteiger partial charge in [-0.25, -0.2) is 0 Å². The Morgan fingerprint density at radius 1 is 1.31 bits per heavy atom. The first kappa shape index (κ1) is 17.9. The number of rotatable bonds is 7. The molecule has 0 aliphatic carbocycles. The normalized spacial score (nSPS) is 15.6. The van der Waals surface area contributed by atoms with Crippen LogP contribution >= 0.6 is 0 Å². The van der Waals surface area contributed by atoms with Crippen molar-refractivity contribution in [2.24, 2.45) is 0 Å². The molecule has 1 unspecified atom stereocenters. The van der Waals surface area contributed by atoms with Gasteiger partial charge >= 0.3 is 5.88 Å². The van der Waals surface area contributed by atoms with E-state index in [0.717, 1.165) is 37.2 Å². The van der Waals surface area contributed by atoms with E-state index in [-0.39, 0.29) is 11.8 Å². The molecule has 138 valence electrons. The highest BCUT2D eigenvalue weighted by molar-refractivity contribution is 5.91. The summed E-state index contributed by atoms with van der Waals surface area (Å²) in [6.07, 6.45) is 2.23. The molecule has 1 atom stereocenters. The van der Waals surface area contributed by atoms with Gasteiger partial charge in [-0.1, -0.05) is 18.2 Å². The van der Waals surface area contributed by atoms with E-state index in [4.69, 9.17) is 9.15 Å². The van der Waals surface area contributed by atoms with Gasteiger partial charge in [0.25, 0.3) is 5.91 Å². The zero-order valence-corrected chi connectivity index (χ0v) is 14.5. The molecule has 1 aliphatic heterocycles. The van der Waals surface area contributed by atoms with E-state index in [9.17, 15) is 14.9 Å². The molecule has 2 aromatic rings. The Morgan fingerprint density at radius 2 is 2.04 bits per heavy atom. The first-order chi connectivity index (χ1) is 12.6. The number of amides is 1. The number of nitrogens with one attached hydrogen (secondary N) is 1. The molecular formula is C18H21N3O5. The Hall–Kier alpha value is -2.87. The molecule has 2 heterocycles. The highest BCUT2D eigenvalue weighted by Gasteiger charge is 2.27. The number of carbonyl (C=O) groups excluding carboxylic acids is 1. The molecule has 0 spiro atoms. The van der Waals surface area contributed by atoms with Crippen molar-refractivity contribution < 1.29 is 18.9 Å². The quantitative estimate of drug-likeness (QED) is 0.603. The summed E-state index contributed by atoms with van der Waals surface area (Å²) >= 11 is 0. The number of hydrogen-bond acceptors (Lipinski definition) is 6. The van der Waals surface area contributed by atoms with E-state index in [1.165, 1.54) is 12.1 Å². The Morgan fingerprint density at radius 3 is 2.69 bits per heavy atom. The lowest BCUT2D eigenvalue weighted by atomic mass is 10.0. The molecule has 1 aromatic heterocycles. The summed E-state index contributed by atoms with van der Waals surface area (Å²) in [4.78, 5) is 24.6. The lowest BCUT2D eigenvalue weighted by Gasteiger charge is -2.29. The molecule has 1 amide bonds. The fourth-order valence-corrected chi connectivity index (χ4v) is 3.26. The minimum atomic E-state index is -0.668. The molecule has 3 rings (SSSR count). The largest absolute Gasteiger partial charge is 0.496 e. The zero-order chi connectivity index (χ0) is 18.5. The molecule has 0 radical (unpaired) electrons. The number of methoxy groups -OCH3 is 1. The smallest absolute Gasteiger partial charge is 0.433 e. The summed E-state index contributed by atoms with van der Waals surface area (Å²) in [6.45, 7) is 2.25. The Bertz CT molecular complexity index is 783. The van der Waals surface area contributed by atoms with Crippen molar-refractivity contribution >= 4 is 11.8 Å². The van der Waals surface area contributed by atoms with E-state index in [0.29, 0.717) is 6.54 Å². The third-order valence-electron chi connectivity index (χ3n) is 4.53. The standard InChI is InChI=1S/C18H21N3O5/c1-25-15-7-3-2-6-13(15)14(20-10-4-5-11-20)12-19-18(22)16-8-9-17(26-16)21(23)24/h2-3,6-9,14H,4-5,10-12H2,1H3,(H,19,22). The Balaban J connectivity index is 1.75. The van der Waals surface area contributed by atoms with Gasteiger partial charge in [-0.05, 0) is 38.1 Å². The lowest BCUT2D eigenvalue weighted by molar-refractivity contribution is -0.402. The monoisotopic (exact) mass is 359 g/mol. The summed E-state index contributed by atoms with van der Waals surface area (Å²) in [5.74, 6) is -0.225. The lowest BCUT2D eigenvalue weighted by Crippen LogP contribution is -2.36. The van der Waals surface area contributed by atoms with Crippen molar-refractivity contribution in [3.63, 3.8) is 0 Å². The predicted octanol–water partition coefficient (Wildman–Crippen LogP) is 2.76. The van der Waals surface area contributed by atoms with E-state index >= 15 is 0 Å². The van der Waals surface area contributed by atoms with Gasteiger partial charge < -0.3 is 14.5 Å². The van der Waals surface area contributed by atoms with E-state index < -0.39 is 16.7 Å². The number of nitrogens with zero attached hydrogens (tertiary/aromatic N) is 2. The first-order valence-electron chi connectivity index (χ1n) is 8.49. The van der Waals surface area contributed by atoms with E-state index in [2.05, 4.69) is 10.2 Å². The van der Waals surface area contributed by atoms with Crippen LogP contribution in [0.5, 0.6) is 5.75 Å². The third-order valence-corrected chi connectivity index (χ3v) is 4.53. The fraction of sp³-hybridized carbons (Fsp3) is 0.389. The summed E-state index contributed by atoms with van der Waals surface area (Å²) in [5, 5.41) is 13.5. The second-order valence-corrected chi connectivity index (χ2v) is 6.11. The van der Waals surface area contributed by atoms with Gasteiger partial charge in [0, 0.05) is 12.1 Å². The molecule has 0 bridgehead atoms. The van der Waals surface area contributed by atoms with Gasteiger partial charge in [0.15, 0.2) is 5.76 Å². The van der Waals surface area contributed by atoms with Gasteiger partial charge in [0.05, 0.1) is 19.2 Å². The van der Waals surface area contributed by atoms with Crippen molar-refractivity contribution in [1.82, 2.24) is 10.2 Å². The van der Waals surface area contributed by atoms with Crippen molar-refractivity contribution in [2.45, 2.75) is 18.9 Å². The molecule has 1 aliphatic rings. The number of likely N-dealkylation sites (tertiary alicyclic amines) is 1. The molecule has 1 fully saturated rings. The number of nitro groups is 1. The van der Waals surface area contributed by atoms with Crippen molar-refractivity contribution in [3.05, 3.63) is 57.8 Å². The predicted molar refractivity (Wildman–Crippen MR) is 94.2 cm³/mol. The van der Waals surface area contributed by atoms with Crippen LogP contribution in [0.15, 0.2) is 40.8 Å². The van der Waals surface area contributed by atoms with Gasteiger partial charge in [-0.2, -0.15) is 0 Å². The number of ether oxygens (including phenoxy) is 1. The van der Waals surface area contributed by atoms with Crippen LogP contribution < -0.4 is 10.1 Å². The minimum absolute atomic E-state index is 0.0393. The summed E-state index contributed by atoms with van der Waals surface area (Å²) in [7, 11) is 1.63. The molecule has 8 nitrogen and oxygen atoms in total. The average Bonchev–Trinajstić information content (AvgIpc) is 3.34. The summed E-state index contributed by atoms with van der Waals surface area (Å²) in [5.41, 5.74) is 1.00. The molecule has 8 heteroatoms. The second kappa shape index (κ2) is 8.01. The fourth-order valence-electron chi connectivity index (χ4n) is 3.26. The minimum Gasteiger partial charge on any atom is -0.496 e. The van der Waals surface area contributed by atoms with Gasteiger partial charge in [0.2, 0.25) is 0 Å². The topological polar surface area (TPSA) is 97.8 Å². The highest BCUT2D eigenvalue weighted by atomic mass is 16.6. The average molecular weight is 359 g/mol. The highest BCUT2D eigenvalue weighted by Crippen LogP contribution is 2.31. The van der Waals surface area contributed by atoms with Crippen molar-refractivity contribution in [2.75, 3.05) is 26.7 Å². The third kappa shape index (κ3) is 3.85. The zero-order valence-electron chi connectivity index (χ0n) is 14.5. The number of benzene rings is 1. The number of para-hydroxylation sites is 1. The van der Waals surface area contributed by atoms with Gasteiger partial charge in [0.1, 0.15) is 10.7 Å². The van der Waals surface area contributed by atoms with Crippen LogP contribution in [0, 0.1) is 10.1 Å².